The number of carboxylic acids is 1. The molecule has 0 fully saturated rings. The third-order valence-electron chi connectivity index (χ3n) is 2.90. The van der Waals surface area contributed by atoms with Crippen LogP contribution < -0.4 is 5.43 Å². The van der Waals surface area contributed by atoms with Gasteiger partial charge in [-0.1, -0.05) is 12.1 Å². The maximum atomic E-state index is 11.6. The fourth-order valence-corrected chi connectivity index (χ4v) is 1.89. The van der Waals surface area contributed by atoms with Crippen LogP contribution in [0.2, 0.25) is 0 Å². The highest BCUT2D eigenvalue weighted by Crippen LogP contribution is 2.16. The Morgan fingerprint density at radius 2 is 1.89 bits per heavy atom. The van der Waals surface area contributed by atoms with Gasteiger partial charge >= 0.3 is 5.97 Å². The molecule has 0 atom stereocenters. The van der Waals surface area contributed by atoms with E-state index in [0.29, 0.717) is 5.69 Å². The van der Waals surface area contributed by atoms with Gasteiger partial charge in [0, 0.05) is 11.8 Å². The lowest BCUT2D eigenvalue weighted by atomic mass is 10.1. The molecule has 0 aliphatic carbocycles. The molecule has 0 aliphatic rings. The van der Waals surface area contributed by atoms with Gasteiger partial charge in [0.2, 0.25) is 11.1 Å². The van der Waals surface area contributed by atoms with E-state index in [4.69, 9.17) is 5.11 Å². The van der Waals surface area contributed by atoms with Gasteiger partial charge in [0.15, 0.2) is 0 Å². The number of nitrogens with zero attached hydrogens (tertiary/aromatic N) is 2. The highest BCUT2D eigenvalue weighted by Gasteiger charge is 2.14. The number of benzene rings is 1. The highest BCUT2D eigenvalue weighted by molar-refractivity contribution is 5.84. The molecule has 2 rings (SSSR count). The van der Waals surface area contributed by atoms with Gasteiger partial charge in [0.1, 0.15) is 0 Å². The van der Waals surface area contributed by atoms with Gasteiger partial charge in [0.05, 0.1) is 5.69 Å². The van der Waals surface area contributed by atoms with Crippen molar-refractivity contribution in [2.24, 2.45) is 0 Å². The summed E-state index contributed by atoms with van der Waals surface area (Å²) < 4.78 is 1.49. The Morgan fingerprint density at radius 1 is 1.21 bits per heavy atom. The normalized spacial score (nSPS) is 10.5. The van der Waals surface area contributed by atoms with Gasteiger partial charge in [-0.3, -0.25) is 4.79 Å². The summed E-state index contributed by atoms with van der Waals surface area (Å²) in [5.41, 5.74) is 2.33. The first-order valence-electron chi connectivity index (χ1n) is 5.82. The third kappa shape index (κ3) is 2.40. The summed E-state index contributed by atoms with van der Waals surface area (Å²) in [7, 11) is 0. The standard InChI is InChI=1S/C14H14N2O3/c1-8-4-5-9(2)11(6-8)16-10(3)7-12(17)13(15-16)14(18)19/h4-7H,1-3H3,(H,18,19). The summed E-state index contributed by atoms with van der Waals surface area (Å²) in [4.78, 5) is 22.6. The molecule has 0 bridgehead atoms. The lowest BCUT2D eigenvalue weighted by molar-refractivity contribution is 0.0686. The summed E-state index contributed by atoms with van der Waals surface area (Å²) in [5, 5.41) is 12.9. The van der Waals surface area contributed by atoms with E-state index in [1.165, 1.54) is 10.7 Å². The summed E-state index contributed by atoms with van der Waals surface area (Å²) in [6.07, 6.45) is 0. The fraction of sp³-hybridized carbons (Fsp3) is 0.214. The fourth-order valence-electron chi connectivity index (χ4n) is 1.89. The van der Waals surface area contributed by atoms with Gasteiger partial charge in [-0.25, -0.2) is 9.48 Å². The van der Waals surface area contributed by atoms with Crippen molar-refractivity contribution < 1.29 is 9.90 Å². The van der Waals surface area contributed by atoms with Crippen LogP contribution in [0.5, 0.6) is 0 Å². The van der Waals surface area contributed by atoms with Crippen LogP contribution in [0.25, 0.3) is 5.69 Å². The van der Waals surface area contributed by atoms with Crippen LogP contribution in [0.3, 0.4) is 0 Å². The van der Waals surface area contributed by atoms with Gasteiger partial charge in [-0.05, 0) is 38.0 Å². The molecule has 0 spiro atoms. The van der Waals surface area contributed by atoms with Crippen LogP contribution in [0.15, 0.2) is 29.1 Å². The Labute approximate surface area is 110 Å². The maximum absolute atomic E-state index is 11.6. The molecule has 1 N–H and O–H groups in total. The summed E-state index contributed by atoms with van der Waals surface area (Å²) >= 11 is 0. The van der Waals surface area contributed by atoms with E-state index in [0.717, 1.165) is 16.8 Å². The van der Waals surface area contributed by atoms with Crippen LogP contribution in [0, 0.1) is 20.8 Å². The van der Waals surface area contributed by atoms with Crippen molar-refractivity contribution in [1.29, 1.82) is 0 Å². The summed E-state index contributed by atoms with van der Waals surface area (Å²) in [5.74, 6) is -1.32. The monoisotopic (exact) mass is 258 g/mol. The lowest BCUT2D eigenvalue weighted by Gasteiger charge is -2.13. The van der Waals surface area contributed by atoms with E-state index in [9.17, 15) is 9.59 Å². The quantitative estimate of drug-likeness (QED) is 0.892. The zero-order chi connectivity index (χ0) is 14.2. The van der Waals surface area contributed by atoms with Crippen molar-refractivity contribution in [2.45, 2.75) is 20.8 Å². The molecule has 19 heavy (non-hydrogen) atoms. The molecule has 0 aliphatic heterocycles. The summed E-state index contributed by atoms with van der Waals surface area (Å²) in [6, 6.07) is 7.10. The largest absolute Gasteiger partial charge is 0.476 e. The Bertz CT molecular complexity index is 717. The van der Waals surface area contributed by atoms with Crippen molar-refractivity contribution in [2.75, 3.05) is 0 Å². The zero-order valence-electron chi connectivity index (χ0n) is 11.0. The van der Waals surface area contributed by atoms with E-state index in [1.807, 2.05) is 32.0 Å². The Balaban J connectivity index is 2.75. The zero-order valence-corrected chi connectivity index (χ0v) is 11.0. The van der Waals surface area contributed by atoms with E-state index in [2.05, 4.69) is 5.10 Å². The van der Waals surface area contributed by atoms with Crippen LogP contribution in [-0.4, -0.2) is 20.9 Å². The molecule has 1 aromatic heterocycles. The third-order valence-corrected chi connectivity index (χ3v) is 2.90. The van der Waals surface area contributed by atoms with Crippen molar-refractivity contribution >= 4 is 5.97 Å². The Kier molecular flexibility index (Phi) is 3.21. The molecule has 1 aromatic carbocycles. The second-order valence-corrected chi connectivity index (χ2v) is 4.51. The SMILES string of the molecule is Cc1ccc(C)c(-n2nc(C(=O)O)c(=O)cc2C)c1. The van der Waals surface area contributed by atoms with E-state index >= 15 is 0 Å². The number of hydrogen-bond donors (Lipinski definition) is 1. The van der Waals surface area contributed by atoms with E-state index in [-0.39, 0.29) is 0 Å². The number of aromatic nitrogens is 2. The molecular formula is C14H14N2O3. The molecular weight excluding hydrogens is 244 g/mol. The van der Waals surface area contributed by atoms with Crippen molar-refractivity contribution in [3.05, 3.63) is 57.0 Å². The number of aryl methyl sites for hydroxylation is 3. The van der Waals surface area contributed by atoms with Gasteiger partial charge in [-0.15, -0.1) is 0 Å². The predicted octanol–water partition coefficient (Wildman–Crippen LogP) is 1.86. The second kappa shape index (κ2) is 4.68. The minimum Gasteiger partial charge on any atom is -0.476 e. The molecule has 0 saturated heterocycles. The average Bonchev–Trinajstić information content (AvgIpc) is 2.32. The first kappa shape index (κ1) is 13.0. The van der Waals surface area contributed by atoms with Gasteiger partial charge < -0.3 is 5.11 Å². The maximum Gasteiger partial charge on any atom is 0.360 e. The van der Waals surface area contributed by atoms with Gasteiger partial charge in [-0.2, -0.15) is 5.10 Å². The van der Waals surface area contributed by atoms with Crippen molar-refractivity contribution in [3.63, 3.8) is 0 Å². The topological polar surface area (TPSA) is 72.2 Å². The molecule has 2 aromatic rings. The first-order chi connectivity index (χ1) is 8.90. The van der Waals surface area contributed by atoms with Crippen molar-refractivity contribution in [1.82, 2.24) is 9.78 Å². The number of carbonyl (C=O) groups is 1. The number of aromatic carboxylic acids is 1. The van der Waals surface area contributed by atoms with Crippen LogP contribution in [0.1, 0.15) is 27.3 Å². The molecule has 0 amide bonds. The number of hydrogen-bond acceptors (Lipinski definition) is 3. The highest BCUT2D eigenvalue weighted by atomic mass is 16.4. The van der Waals surface area contributed by atoms with E-state index in [1.54, 1.807) is 6.92 Å². The van der Waals surface area contributed by atoms with Crippen LogP contribution in [-0.2, 0) is 0 Å². The van der Waals surface area contributed by atoms with Crippen LogP contribution in [0.4, 0.5) is 0 Å². The number of carboxylic acid groups (broad SMARTS) is 1. The van der Waals surface area contributed by atoms with E-state index < -0.39 is 17.1 Å². The molecule has 5 nitrogen and oxygen atoms in total. The molecule has 0 saturated carbocycles. The average molecular weight is 258 g/mol. The predicted molar refractivity (Wildman–Crippen MR) is 71.0 cm³/mol. The smallest absolute Gasteiger partial charge is 0.360 e. The Hall–Kier alpha value is -2.43. The molecule has 0 radical (unpaired) electrons. The van der Waals surface area contributed by atoms with Gasteiger partial charge in [0.25, 0.3) is 0 Å². The molecule has 1 heterocycles. The van der Waals surface area contributed by atoms with Crippen molar-refractivity contribution in [3.8, 4) is 5.69 Å². The summed E-state index contributed by atoms with van der Waals surface area (Å²) in [6.45, 7) is 5.58. The number of rotatable bonds is 2. The second-order valence-electron chi connectivity index (χ2n) is 4.51. The lowest BCUT2D eigenvalue weighted by Crippen LogP contribution is -2.22. The first-order valence-corrected chi connectivity index (χ1v) is 5.82. The molecule has 0 unspecified atom stereocenters. The Morgan fingerprint density at radius 3 is 2.53 bits per heavy atom. The molecule has 98 valence electrons. The molecule has 5 heteroatoms. The van der Waals surface area contributed by atoms with Crippen LogP contribution >= 0.6 is 0 Å². The minimum atomic E-state index is -1.32. The minimum absolute atomic E-state index is 0.466.